The summed E-state index contributed by atoms with van der Waals surface area (Å²) < 4.78 is 0. The molecule has 0 aliphatic rings. The van der Waals surface area contributed by atoms with Gasteiger partial charge in [-0.1, -0.05) is 41.9 Å². The molecular formula is C17H17ClN2O2. The van der Waals surface area contributed by atoms with Gasteiger partial charge >= 0.3 is 0 Å². The summed E-state index contributed by atoms with van der Waals surface area (Å²) >= 11 is 5.80. The van der Waals surface area contributed by atoms with Crippen LogP contribution in [-0.2, 0) is 11.3 Å². The largest absolute Gasteiger partial charge is 0.352 e. The number of benzene rings is 2. The Morgan fingerprint density at radius 3 is 2.27 bits per heavy atom. The van der Waals surface area contributed by atoms with Crippen LogP contribution in [0.4, 0.5) is 0 Å². The molecule has 0 saturated carbocycles. The number of halogens is 1. The highest BCUT2D eigenvalue weighted by atomic mass is 35.5. The molecule has 2 N–H and O–H groups in total. The van der Waals surface area contributed by atoms with Gasteiger partial charge in [-0.25, -0.2) is 0 Å². The van der Waals surface area contributed by atoms with Gasteiger partial charge < -0.3 is 10.6 Å². The molecule has 2 aromatic rings. The van der Waals surface area contributed by atoms with Crippen molar-refractivity contribution in [2.75, 3.05) is 6.54 Å². The first-order valence-electron chi connectivity index (χ1n) is 6.99. The number of amides is 2. The molecule has 2 rings (SSSR count). The summed E-state index contributed by atoms with van der Waals surface area (Å²) in [6.45, 7) is 0.753. The van der Waals surface area contributed by atoms with Gasteiger partial charge in [-0.2, -0.15) is 0 Å². The van der Waals surface area contributed by atoms with Gasteiger partial charge in [-0.15, -0.1) is 0 Å². The second-order valence-corrected chi connectivity index (χ2v) is 5.21. The first kappa shape index (κ1) is 16.0. The van der Waals surface area contributed by atoms with Crippen molar-refractivity contribution in [1.29, 1.82) is 0 Å². The van der Waals surface area contributed by atoms with Gasteiger partial charge in [0.25, 0.3) is 5.91 Å². The van der Waals surface area contributed by atoms with E-state index in [1.54, 1.807) is 36.4 Å². The van der Waals surface area contributed by atoms with Crippen molar-refractivity contribution in [2.45, 2.75) is 13.0 Å². The van der Waals surface area contributed by atoms with Crippen LogP contribution >= 0.6 is 11.6 Å². The maximum absolute atomic E-state index is 11.8. The predicted octanol–water partition coefficient (Wildman–Crippen LogP) is 2.78. The molecule has 0 aromatic heterocycles. The molecule has 2 amide bonds. The zero-order valence-corrected chi connectivity index (χ0v) is 12.8. The van der Waals surface area contributed by atoms with Crippen molar-refractivity contribution in [2.24, 2.45) is 0 Å². The molecule has 0 saturated heterocycles. The molecule has 0 spiro atoms. The minimum atomic E-state index is -0.175. The average molecular weight is 317 g/mol. The number of carbonyl (C=O) groups is 2. The zero-order valence-electron chi connectivity index (χ0n) is 12.0. The summed E-state index contributed by atoms with van der Waals surface area (Å²) in [5.74, 6) is -0.283. The first-order valence-corrected chi connectivity index (χ1v) is 7.37. The minimum absolute atomic E-state index is 0.108. The monoisotopic (exact) mass is 316 g/mol. The van der Waals surface area contributed by atoms with Crippen LogP contribution in [0.1, 0.15) is 22.3 Å². The molecule has 114 valence electrons. The van der Waals surface area contributed by atoms with Crippen LogP contribution < -0.4 is 10.6 Å². The van der Waals surface area contributed by atoms with E-state index in [0.717, 1.165) is 5.56 Å². The Morgan fingerprint density at radius 2 is 1.59 bits per heavy atom. The van der Waals surface area contributed by atoms with Crippen molar-refractivity contribution in [3.05, 3.63) is 70.7 Å². The number of nitrogens with one attached hydrogen (secondary N) is 2. The van der Waals surface area contributed by atoms with Crippen molar-refractivity contribution in [1.82, 2.24) is 10.6 Å². The van der Waals surface area contributed by atoms with E-state index in [-0.39, 0.29) is 18.2 Å². The minimum Gasteiger partial charge on any atom is -0.352 e. The van der Waals surface area contributed by atoms with Crippen LogP contribution in [0.2, 0.25) is 5.02 Å². The zero-order chi connectivity index (χ0) is 15.8. The third-order valence-electron chi connectivity index (χ3n) is 3.08. The van der Waals surface area contributed by atoms with Crippen molar-refractivity contribution in [3.63, 3.8) is 0 Å². The summed E-state index contributed by atoms with van der Waals surface area (Å²) in [6, 6.07) is 16.2. The third-order valence-corrected chi connectivity index (χ3v) is 3.33. The summed E-state index contributed by atoms with van der Waals surface area (Å²) in [6.07, 6.45) is 0.242. The van der Waals surface area contributed by atoms with Crippen LogP contribution in [0, 0.1) is 0 Å². The first-order chi connectivity index (χ1) is 10.6. The molecule has 2 aromatic carbocycles. The van der Waals surface area contributed by atoms with E-state index in [1.807, 2.05) is 18.2 Å². The third kappa shape index (κ3) is 5.22. The smallest absolute Gasteiger partial charge is 0.251 e. The average Bonchev–Trinajstić information content (AvgIpc) is 2.55. The molecule has 0 bridgehead atoms. The highest BCUT2D eigenvalue weighted by Crippen LogP contribution is 2.09. The standard InChI is InChI=1S/C17H17ClN2O2/c18-15-8-6-13(7-9-15)12-20-16(21)10-11-19-17(22)14-4-2-1-3-5-14/h1-9H,10-12H2,(H,19,22)(H,20,21). The maximum atomic E-state index is 11.8. The number of rotatable bonds is 6. The fraction of sp³-hybridized carbons (Fsp3) is 0.176. The van der Waals surface area contributed by atoms with E-state index in [2.05, 4.69) is 10.6 Å². The van der Waals surface area contributed by atoms with Crippen LogP contribution in [0.3, 0.4) is 0 Å². The molecule has 0 radical (unpaired) electrons. The summed E-state index contributed by atoms with van der Waals surface area (Å²) in [7, 11) is 0. The second kappa shape index (κ2) is 8.20. The SMILES string of the molecule is O=C(CCNC(=O)c1ccccc1)NCc1ccc(Cl)cc1. The van der Waals surface area contributed by atoms with Gasteiger partial charge in [0.1, 0.15) is 0 Å². The maximum Gasteiger partial charge on any atom is 0.251 e. The van der Waals surface area contributed by atoms with Crippen LogP contribution in [-0.4, -0.2) is 18.4 Å². The Labute approximate surface area is 134 Å². The van der Waals surface area contributed by atoms with Crippen LogP contribution in [0.25, 0.3) is 0 Å². The lowest BCUT2D eigenvalue weighted by Crippen LogP contribution is -2.30. The van der Waals surface area contributed by atoms with Crippen LogP contribution in [0.5, 0.6) is 0 Å². The highest BCUT2D eigenvalue weighted by molar-refractivity contribution is 6.30. The second-order valence-electron chi connectivity index (χ2n) is 4.78. The normalized spacial score (nSPS) is 10.0. The molecule has 0 heterocycles. The number of hydrogen-bond donors (Lipinski definition) is 2. The van der Waals surface area contributed by atoms with E-state index in [0.29, 0.717) is 23.7 Å². The fourth-order valence-corrected chi connectivity index (χ4v) is 2.00. The van der Waals surface area contributed by atoms with Crippen molar-refractivity contribution in [3.8, 4) is 0 Å². The summed E-state index contributed by atoms with van der Waals surface area (Å²) in [5.41, 5.74) is 1.56. The van der Waals surface area contributed by atoms with Crippen LogP contribution in [0.15, 0.2) is 54.6 Å². The Morgan fingerprint density at radius 1 is 0.909 bits per heavy atom. The van der Waals surface area contributed by atoms with E-state index in [4.69, 9.17) is 11.6 Å². The summed E-state index contributed by atoms with van der Waals surface area (Å²) in [4.78, 5) is 23.5. The Kier molecular flexibility index (Phi) is 5.98. The van der Waals surface area contributed by atoms with Gasteiger partial charge in [0, 0.05) is 30.1 Å². The summed E-state index contributed by atoms with van der Waals surface area (Å²) in [5, 5.41) is 6.18. The van der Waals surface area contributed by atoms with Crippen molar-refractivity contribution >= 4 is 23.4 Å². The molecule has 0 aliphatic carbocycles. The van der Waals surface area contributed by atoms with E-state index in [1.165, 1.54) is 0 Å². The molecule has 0 atom stereocenters. The molecular weight excluding hydrogens is 300 g/mol. The fourth-order valence-electron chi connectivity index (χ4n) is 1.87. The van der Waals surface area contributed by atoms with Gasteiger partial charge in [-0.05, 0) is 29.8 Å². The molecule has 4 nitrogen and oxygen atoms in total. The molecule has 0 unspecified atom stereocenters. The number of carbonyl (C=O) groups excluding carboxylic acids is 2. The van der Waals surface area contributed by atoms with Gasteiger partial charge in [0.15, 0.2) is 0 Å². The highest BCUT2D eigenvalue weighted by Gasteiger charge is 2.06. The lowest BCUT2D eigenvalue weighted by atomic mass is 10.2. The topological polar surface area (TPSA) is 58.2 Å². The quantitative estimate of drug-likeness (QED) is 0.861. The van der Waals surface area contributed by atoms with Crippen molar-refractivity contribution < 1.29 is 9.59 Å². The lowest BCUT2D eigenvalue weighted by Gasteiger charge is -2.07. The van der Waals surface area contributed by atoms with Gasteiger partial charge in [-0.3, -0.25) is 9.59 Å². The Hall–Kier alpha value is -2.33. The number of hydrogen-bond acceptors (Lipinski definition) is 2. The molecule has 22 heavy (non-hydrogen) atoms. The van der Waals surface area contributed by atoms with Gasteiger partial charge in [0.2, 0.25) is 5.91 Å². The predicted molar refractivity (Wildman–Crippen MR) is 86.7 cm³/mol. The lowest BCUT2D eigenvalue weighted by molar-refractivity contribution is -0.121. The molecule has 0 aliphatic heterocycles. The molecule has 0 fully saturated rings. The van der Waals surface area contributed by atoms with E-state index in [9.17, 15) is 9.59 Å². The Balaban J connectivity index is 1.67. The van der Waals surface area contributed by atoms with Gasteiger partial charge in [0.05, 0.1) is 0 Å². The Bertz CT molecular complexity index is 627. The molecule has 5 heteroatoms. The van der Waals surface area contributed by atoms with E-state index >= 15 is 0 Å². The van der Waals surface area contributed by atoms with E-state index < -0.39 is 0 Å².